The van der Waals surface area contributed by atoms with E-state index in [0.29, 0.717) is 17.4 Å². The first-order valence-corrected chi connectivity index (χ1v) is 11.9. The van der Waals surface area contributed by atoms with Crippen LogP contribution in [0.15, 0.2) is 48.5 Å². The maximum Gasteiger partial charge on any atom is 0.316 e. The predicted molar refractivity (Wildman–Crippen MR) is 126 cm³/mol. The van der Waals surface area contributed by atoms with E-state index in [1.807, 2.05) is 31.2 Å². The number of benzene rings is 2. The summed E-state index contributed by atoms with van der Waals surface area (Å²) in [6.45, 7) is 4.35. The van der Waals surface area contributed by atoms with Crippen molar-refractivity contribution in [3.05, 3.63) is 54.1 Å². The van der Waals surface area contributed by atoms with Crippen LogP contribution in [-0.2, 0) is 19.2 Å². The SMILES string of the molecule is Cc1cccc(N2C[C@H](C(=O)Oc3ccc(N4C(=O)[C@H]5C[C@H](C)CC[C@H]5C4=O)cc3)CC2=O)c1. The summed E-state index contributed by atoms with van der Waals surface area (Å²) in [5.74, 6) is -1.08. The molecule has 0 spiro atoms. The molecule has 34 heavy (non-hydrogen) atoms. The molecular weight excluding hydrogens is 432 g/mol. The van der Waals surface area contributed by atoms with E-state index in [1.165, 1.54) is 4.90 Å². The van der Waals surface area contributed by atoms with E-state index in [0.717, 1.165) is 30.5 Å². The van der Waals surface area contributed by atoms with E-state index in [9.17, 15) is 19.2 Å². The summed E-state index contributed by atoms with van der Waals surface area (Å²) in [6, 6.07) is 14.1. The number of imide groups is 1. The Morgan fingerprint density at radius 1 is 0.941 bits per heavy atom. The van der Waals surface area contributed by atoms with Gasteiger partial charge in [-0.05, 0) is 74.1 Å². The van der Waals surface area contributed by atoms with E-state index < -0.39 is 11.9 Å². The van der Waals surface area contributed by atoms with Gasteiger partial charge in [-0.25, -0.2) is 0 Å². The normalized spacial score (nSPS) is 26.7. The van der Waals surface area contributed by atoms with Crippen molar-refractivity contribution in [1.82, 2.24) is 0 Å². The number of esters is 1. The number of anilines is 2. The number of ether oxygens (including phenoxy) is 1. The molecule has 3 amide bonds. The van der Waals surface area contributed by atoms with Crippen LogP contribution in [-0.4, -0.2) is 30.2 Å². The van der Waals surface area contributed by atoms with Crippen LogP contribution in [0.4, 0.5) is 11.4 Å². The van der Waals surface area contributed by atoms with Crippen LogP contribution in [0, 0.1) is 30.6 Å². The molecule has 1 aliphatic carbocycles. The van der Waals surface area contributed by atoms with Crippen molar-refractivity contribution in [2.24, 2.45) is 23.7 Å². The van der Waals surface area contributed by atoms with Crippen LogP contribution < -0.4 is 14.5 Å². The molecule has 2 aromatic carbocycles. The van der Waals surface area contributed by atoms with Gasteiger partial charge in [0.05, 0.1) is 23.4 Å². The van der Waals surface area contributed by atoms with Crippen LogP contribution in [0.5, 0.6) is 5.75 Å². The van der Waals surface area contributed by atoms with Gasteiger partial charge in [-0.1, -0.05) is 19.1 Å². The molecule has 0 unspecified atom stereocenters. The number of rotatable bonds is 4. The number of amides is 3. The lowest BCUT2D eigenvalue weighted by Gasteiger charge is -2.25. The summed E-state index contributed by atoms with van der Waals surface area (Å²) in [4.78, 5) is 53.9. The first kappa shape index (κ1) is 22.3. The molecule has 176 valence electrons. The molecule has 4 atom stereocenters. The highest BCUT2D eigenvalue weighted by Crippen LogP contribution is 2.42. The van der Waals surface area contributed by atoms with E-state index >= 15 is 0 Å². The third-order valence-corrected chi connectivity index (χ3v) is 7.27. The number of fused-ring (bicyclic) bond motifs is 1. The second-order valence-corrected chi connectivity index (χ2v) is 9.80. The van der Waals surface area contributed by atoms with Crippen LogP contribution in [0.1, 0.15) is 38.2 Å². The van der Waals surface area contributed by atoms with Crippen molar-refractivity contribution in [2.75, 3.05) is 16.3 Å². The maximum atomic E-state index is 12.9. The quantitative estimate of drug-likeness (QED) is 0.393. The molecule has 7 heteroatoms. The Kier molecular flexibility index (Phi) is 5.71. The molecule has 3 aliphatic rings. The lowest BCUT2D eigenvalue weighted by molar-refractivity contribution is -0.139. The van der Waals surface area contributed by atoms with Gasteiger partial charge in [-0.3, -0.25) is 24.1 Å². The van der Waals surface area contributed by atoms with Gasteiger partial charge in [-0.15, -0.1) is 0 Å². The first-order valence-electron chi connectivity index (χ1n) is 11.9. The summed E-state index contributed by atoms with van der Waals surface area (Å²) in [7, 11) is 0. The fourth-order valence-electron chi connectivity index (χ4n) is 5.42. The van der Waals surface area contributed by atoms with E-state index in [4.69, 9.17) is 4.74 Å². The Labute approximate surface area is 198 Å². The molecule has 2 saturated heterocycles. The van der Waals surface area contributed by atoms with Crippen molar-refractivity contribution >= 4 is 35.1 Å². The lowest BCUT2D eigenvalue weighted by atomic mass is 9.76. The average Bonchev–Trinajstić information content (AvgIpc) is 3.32. The summed E-state index contributed by atoms with van der Waals surface area (Å²) >= 11 is 0. The molecule has 1 saturated carbocycles. The molecule has 2 aliphatic heterocycles. The molecule has 0 bridgehead atoms. The number of aryl methyl sites for hydroxylation is 1. The summed E-state index contributed by atoms with van der Waals surface area (Å²) in [5, 5.41) is 0. The van der Waals surface area contributed by atoms with Crippen LogP contribution in [0.2, 0.25) is 0 Å². The topological polar surface area (TPSA) is 84.0 Å². The minimum atomic E-state index is -0.556. The zero-order chi connectivity index (χ0) is 24.0. The Bertz CT molecular complexity index is 1160. The zero-order valence-electron chi connectivity index (χ0n) is 19.4. The Morgan fingerprint density at radius 2 is 1.68 bits per heavy atom. The standard InChI is InChI=1S/C27H28N2O5/c1-16-4-3-5-20(12-16)28-15-18(14-24(28)30)27(33)34-21-9-7-19(8-10-21)29-25(31)22-11-6-17(2)13-23(22)26(29)32/h3-5,7-10,12,17-18,22-23H,6,11,13-15H2,1-2H3/t17-,18-,22-,23+/m1/s1. The molecular formula is C27H28N2O5. The number of hydrogen-bond donors (Lipinski definition) is 0. The minimum absolute atomic E-state index is 0.100. The summed E-state index contributed by atoms with van der Waals surface area (Å²) in [6.07, 6.45) is 2.57. The first-order chi connectivity index (χ1) is 16.3. The minimum Gasteiger partial charge on any atom is -0.426 e. The van der Waals surface area contributed by atoms with E-state index in [-0.39, 0.29) is 42.5 Å². The molecule has 5 rings (SSSR count). The molecule has 0 aromatic heterocycles. The van der Waals surface area contributed by atoms with Gasteiger partial charge < -0.3 is 9.64 Å². The lowest BCUT2D eigenvalue weighted by Crippen LogP contribution is -2.30. The van der Waals surface area contributed by atoms with Gasteiger partial charge in [0, 0.05) is 18.7 Å². The number of carbonyl (C=O) groups excluding carboxylic acids is 4. The molecule has 7 nitrogen and oxygen atoms in total. The van der Waals surface area contributed by atoms with Crippen LogP contribution in [0.3, 0.4) is 0 Å². The number of carbonyl (C=O) groups is 4. The van der Waals surface area contributed by atoms with E-state index in [1.54, 1.807) is 29.2 Å². The Hall–Kier alpha value is -3.48. The maximum absolute atomic E-state index is 12.9. The van der Waals surface area contributed by atoms with E-state index in [2.05, 4.69) is 6.92 Å². The van der Waals surface area contributed by atoms with Crippen molar-refractivity contribution in [2.45, 2.75) is 39.5 Å². The number of hydrogen-bond acceptors (Lipinski definition) is 5. The third kappa shape index (κ3) is 4.00. The monoisotopic (exact) mass is 460 g/mol. The van der Waals surface area contributed by atoms with Gasteiger partial charge in [0.2, 0.25) is 17.7 Å². The Balaban J connectivity index is 1.24. The highest BCUT2D eigenvalue weighted by Gasteiger charge is 2.50. The van der Waals surface area contributed by atoms with Gasteiger partial charge in [0.25, 0.3) is 0 Å². The molecule has 0 radical (unpaired) electrons. The smallest absolute Gasteiger partial charge is 0.316 e. The van der Waals surface area contributed by atoms with Crippen molar-refractivity contribution in [1.29, 1.82) is 0 Å². The highest BCUT2D eigenvalue weighted by molar-refractivity contribution is 6.22. The van der Waals surface area contributed by atoms with Crippen molar-refractivity contribution < 1.29 is 23.9 Å². The summed E-state index contributed by atoms with van der Waals surface area (Å²) < 4.78 is 5.53. The molecule has 2 heterocycles. The second-order valence-electron chi connectivity index (χ2n) is 9.80. The van der Waals surface area contributed by atoms with Crippen molar-refractivity contribution in [3.63, 3.8) is 0 Å². The molecule has 2 aromatic rings. The van der Waals surface area contributed by atoms with Gasteiger partial charge in [0.1, 0.15) is 5.75 Å². The fourth-order valence-corrected chi connectivity index (χ4v) is 5.42. The van der Waals surface area contributed by atoms with Crippen LogP contribution >= 0.6 is 0 Å². The van der Waals surface area contributed by atoms with Crippen LogP contribution in [0.25, 0.3) is 0 Å². The second kappa shape index (κ2) is 8.70. The van der Waals surface area contributed by atoms with Crippen molar-refractivity contribution in [3.8, 4) is 5.75 Å². The largest absolute Gasteiger partial charge is 0.426 e. The third-order valence-electron chi connectivity index (χ3n) is 7.27. The Morgan fingerprint density at radius 3 is 2.41 bits per heavy atom. The number of nitrogens with zero attached hydrogens (tertiary/aromatic N) is 2. The zero-order valence-corrected chi connectivity index (χ0v) is 19.4. The fraction of sp³-hybridized carbons (Fsp3) is 0.407. The highest BCUT2D eigenvalue weighted by atomic mass is 16.5. The summed E-state index contributed by atoms with van der Waals surface area (Å²) in [5.41, 5.74) is 2.32. The predicted octanol–water partition coefficient (Wildman–Crippen LogP) is 3.88. The van der Waals surface area contributed by atoms with Gasteiger partial charge >= 0.3 is 5.97 Å². The average molecular weight is 461 g/mol. The van der Waals surface area contributed by atoms with Gasteiger partial charge in [0.15, 0.2) is 0 Å². The molecule has 0 N–H and O–H groups in total. The molecule has 3 fully saturated rings. The van der Waals surface area contributed by atoms with Gasteiger partial charge in [-0.2, -0.15) is 0 Å².